The number of carboxylic acid groups (broad SMARTS) is 1. The van der Waals surface area contributed by atoms with Crippen molar-refractivity contribution < 1.29 is 9.90 Å². The zero-order valence-electron chi connectivity index (χ0n) is 12.3. The van der Waals surface area contributed by atoms with Crippen LogP contribution in [-0.4, -0.2) is 25.8 Å². The van der Waals surface area contributed by atoms with Gasteiger partial charge >= 0.3 is 6.09 Å². The molecule has 1 aromatic carbocycles. The lowest BCUT2D eigenvalue weighted by molar-refractivity contribution is 0.191. The number of nitrogens with zero attached hydrogens (tertiary/aromatic N) is 3. The van der Waals surface area contributed by atoms with Crippen LogP contribution in [0.1, 0.15) is 24.1 Å². The van der Waals surface area contributed by atoms with Gasteiger partial charge in [-0.3, -0.25) is 0 Å². The third-order valence-electron chi connectivity index (χ3n) is 3.62. The van der Waals surface area contributed by atoms with Gasteiger partial charge in [-0.2, -0.15) is 5.10 Å². The minimum Gasteiger partial charge on any atom is -0.465 e. The first-order chi connectivity index (χ1) is 10.6. The van der Waals surface area contributed by atoms with Crippen molar-refractivity contribution in [2.75, 3.05) is 0 Å². The second kappa shape index (κ2) is 5.48. The lowest BCUT2D eigenvalue weighted by Crippen LogP contribution is -2.25. The maximum Gasteiger partial charge on any atom is 0.405 e. The van der Waals surface area contributed by atoms with E-state index in [0.29, 0.717) is 5.65 Å². The van der Waals surface area contributed by atoms with Crippen LogP contribution in [0.25, 0.3) is 16.9 Å². The van der Waals surface area contributed by atoms with Crippen LogP contribution in [0, 0.1) is 6.92 Å². The standard InChI is InChI=1S/C16H16N4O2/c1-10-5-3-4-6-12(10)15-13(11(2)18-16(21)22)9-14-17-7-8-20(14)19-15/h3-9,11,18H,1-2H3,(H,21,22)/t11-/m0/s1. The Morgan fingerprint density at radius 3 is 2.86 bits per heavy atom. The van der Waals surface area contributed by atoms with Crippen LogP contribution < -0.4 is 5.32 Å². The lowest BCUT2D eigenvalue weighted by atomic mass is 9.98. The van der Waals surface area contributed by atoms with Gasteiger partial charge < -0.3 is 10.4 Å². The molecule has 3 aromatic rings. The number of carbonyl (C=O) groups is 1. The van der Waals surface area contributed by atoms with Crippen molar-refractivity contribution in [2.24, 2.45) is 0 Å². The summed E-state index contributed by atoms with van der Waals surface area (Å²) in [7, 11) is 0. The molecule has 2 heterocycles. The maximum absolute atomic E-state index is 11.0. The number of benzene rings is 1. The van der Waals surface area contributed by atoms with Crippen LogP contribution in [0.4, 0.5) is 4.79 Å². The van der Waals surface area contributed by atoms with Crippen molar-refractivity contribution in [1.82, 2.24) is 19.9 Å². The first kappa shape index (κ1) is 14.1. The molecule has 22 heavy (non-hydrogen) atoms. The molecule has 0 aliphatic heterocycles. The van der Waals surface area contributed by atoms with Crippen LogP contribution in [0.3, 0.4) is 0 Å². The molecule has 0 bridgehead atoms. The van der Waals surface area contributed by atoms with Gasteiger partial charge in [-0.15, -0.1) is 0 Å². The predicted molar refractivity (Wildman–Crippen MR) is 82.7 cm³/mol. The number of hydrogen-bond donors (Lipinski definition) is 2. The summed E-state index contributed by atoms with van der Waals surface area (Å²) < 4.78 is 1.69. The molecule has 0 aliphatic rings. The van der Waals surface area contributed by atoms with E-state index in [9.17, 15) is 4.79 Å². The van der Waals surface area contributed by atoms with Gasteiger partial charge in [-0.05, 0) is 25.5 Å². The summed E-state index contributed by atoms with van der Waals surface area (Å²) in [6.07, 6.45) is 2.38. The summed E-state index contributed by atoms with van der Waals surface area (Å²) in [6, 6.07) is 9.39. The number of hydrogen-bond acceptors (Lipinski definition) is 3. The highest BCUT2D eigenvalue weighted by atomic mass is 16.4. The Labute approximate surface area is 127 Å². The van der Waals surface area contributed by atoms with Gasteiger partial charge in [0.25, 0.3) is 0 Å². The van der Waals surface area contributed by atoms with Crippen molar-refractivity contribution in [2.45, 2.75) is 19.9 Å². The van der Waals surface area contributed by atoms with E-state index in [0.717, 1.165) is 22.4 Å². The quantitative estimate of drug-likeness (QED) is 0.778. The molecule has 3 rings (SSSR count). The molecule has 0 saturated carbocycles. The molecule has 0 aliphatic carbocycles. The van der Waals surface area contributed by atoms with Crippen molar-refractivity contribution in [1.29, 1.82) is 0 Å². The molecule has 0 unspecified atom stereocenters. The van der Waals surface area contributed by atoms with Crippen LogP contribution in [-0.2, 0) is 0 Å². The number of amides is 1. The predicted octanol–water partition coefficient (Wildman–Crippen LogP) is 3.03. The SMILES string of the molecule is Cc1ccccc1-c1nn2ccnc2cc1[C@H](C)NC(=O)O. The van der Waals surface area contributed by atoms with Gasteiger partial charge in [0.2, 0.25) is 0 Å². The zero-order valence-corrected chi connectivity index (χ0v) is 12.3. The third-order valence-corrected chi connectivity index (χ3v) is 3.62. The summed E-state index contributed by atoms with van der Waals surface area (Å²) in [5.41, 5.74) is 4.30. The smallest absolute Gasteiger partial charge is 0.405 e. The van der Waals surface area contributed by atoms with Gasteiger partial charge in [-0.25, -0.2) is 14.3 Å². The van der Waals surface area contributed by atoms with Crippen molar-refractivity contribution in [3.63, 3.8) is 0 Å². The van der Waals surface area contributed by atoms with E-state index in [1.807, 2.05) is 37.3 Å². The molecule has 2 N–H and O–H groups in total. The molecule has 2 aromatic heterocycles. The second-order valence-corrected chi connectivity index (χ2v) is 5.16. The first-order valence-electron chi connectivity index (χ1n) is 6.96. The summed E-state index contributed by atoms with van der Waals surface area (Å²) in [4.78, 5) is 15.2. The highest BCUT2D eigenvalue weighted by Gasteiger charge is 2.18. The molecule has 1 amide bonds. The van der Waals surface area contributed by atoms with Gasteiger partial charge in [0.1, 0.15) is 0 Å². The molecular weight excluding hydrogens is 280 g/mol. The minimum absolute atomic E-state index is 0.388. The Morgan fingerprint density at radius 2 is 2.14 bits per heavy atom. The molecule has 0 spiro atoms. The van der Waals surface area contributed by atoms with Crippen molar-refractivity contribution in [3.05, 3.63) is 53.9 Å². The van der Waals surface area contributed by atoms with E-state index in [4.69, 9.17) is 5.11 Å². The highest BCUT2D eigenvalue weighted by molar-refractivity contribution is 5.71. The fourth-order valence-electron chi connectivity index (χ4n) is 2.51. The number of aryl methyl sites for hydroxylation is 1. The van der Waals surface area contributed by atoms with Crippen LogP contribution in [0.2, 0.25) is 0 Å². The maximum atomic E-state index is 11.0. The first-order valence-corrected chi connectivity index (χ1v) is 6.96. The molecule has 1 atom stereocenters. The van der Waals surface area contributed by atoms with E-state index in [1.165, 1.54) is 0 Å². The van der Waals surface area contributed by atoms with E-state index in [2.05, 4.69) is 15.4 Å². The van der Waals surface area contributed by atoms with Crippen molar-refractivity contribution >= 4 is 11.7 Å². The Bertz CT molecular complexity index is 841. The molecule has 0 saturated heterocycles. The summed E-state index contributed by atoms with van der Waals surface area (Å²) >= 11 is 0. The molecule has 112 valence electrons. The van der Waals surface area contributed by atoms with Gasteiger partial charge in [0.15, 0.2) is 5.65 Å². The Hall–Kier alpha value is -2.89. The molecular formula is C16H16N4O2. The number of fused-ring (bicyclic) bond motifs is 1. The molecule has 6 nitrogen and oxygen atoms in total. The Balaban J connectivity index is 2.22. The summed E-state index contributed by atoms with van der Waals surface area (Å²) in [6.45, 7) is 3.81. The normalized spacial score (nSPS) is 12.3. The molecule has 0 radical (unpaired) electrons. The molecule has 0 fully saturated rings. The average molecular weight is 296 g/mol. The summed E-state index contributed by atoms with van der Waals surface area (Å²) in [5.74, 6) is 0. The number of nitrogens with one attached hydrogen (secondary N) is 1. The second-order valence-electron chi connectivity index (χ2n) is 5.16. The zero-order chi connectivity index (χ0) is 15.7. The van der Waals surface area contributed by atoms with Gasteiger partial charge in [0, 0.05) is 23.5 Å². The minimum atomic E-state index is -1.06. The lowest BCUT2D eigenvalue weighted by Gasteiger charge is -2.17. The van der Waals surface area contributed by atoms with Gasteiger partial charge in [0.05, 0.1) is 11.7 Å². The van der Waals surface area contributed by atoms with Crippen LogP contribution in [0.15, 0.2) is 42.7 Å². The number of aromatic nitrogens is 3. The van der Waals surface area contributed by atoms with E-state index >= 15 is 0 Å². The third kappa shape index (κ3) is 2.50. The molecule has 6 heteroatoms. The highest BCUT2D eigenvalue weighted by Crippen LogP contribution is 2.29. The number of rotatable bonds is 3. The van der Waals surface area contributed by atoms with Crippen molar-refractivity contribution in [3.8, 4) is 11.3 Å². The number of imidazole rings is 1. The van der Waals surface area contributed by atoms with E-state index in [-0.39, 0.29) is 6.04 Å². The van der Waals surface area contributed by atoms with E-state index in [1.54, 1.807) is 23.8 Å². The van der Waals surface area contributed by atoms with E-state index < -0.39 is 6.09 Å². The van der Waals surface area contributed by atoms with Crippen LogP contribution in [0.5, 0.6) is 0 Å². The van der Waals surface area contributed by atoms with Gasteiger partial charge in [-0.1, -0.05) is 24.3 Å². The average Bonchev–Trinajstić information content (AvgIpc) is 2.93. The van der Waals surface area contributed by atoms with Crippen LogP contribution >= 0.6 is 0 Å². The largest absolute Gasteiger partial charge is 0.465 e. The Kier molecular flexibility index (Phi) is 3.50. The summed E-state index contributed by atoms with van der Waals surface area (Å²) in [5, 5.41) is 16.1. The topological polar surface area (TPSA) is 79.5 Å². The fourth-order valence-corrected chi connectivity index (χ4v) is 2.51. The monoisotopic (exact) mass is 296 g/mol. The Morgan fingerprint density at radius 1 is 1.36 bits per heavy atom. The fraction of sp³-hybridized carbons (Fsp3) is 0.188.